The van der Waals surface area contributed by atoms with E-state index in [9.17, 15) is 19.3 Å². The highest BCUT2D eigenvalue weighted by atomic mass is 31.2. The minimum absolute atomic E-state index is 0.0585. The Balaban J connectivity index is 4.24. The highest BCUT2D eigenvalue weighted by Gasteiger charge is 2.22. The van der Waals surface area contributed by atoms with Gasteiger partial charge in [0.2, 0.25) is 0 Å². The number of carbonyl (C=O) groups is 2. The number of phosphoric acid groups is 1. The van der Waals surface area contributed by atoms with Gasteiger partial charge in [0.15, 0.2) is 6.10 Å². The molecule has 0 fully saturated rings. The van der Waals surface area contributed by atoms with E-state index in [1.54, 1.807) is 24.3 Å². The smallest absolute Gasteiger partial charge is 0.462 e. The molecule has 0 spiro atoms. The van der Waals surface area contributed by atoms with E-state index >= 15 is 0 Å². The molecule has 0 amide bonds. The summed E-state index contributed by atoms with van der Waals surface area (Å²) in [6.45, 7) is 3.37. The molecule has 0 saturated carbocycles. The fourth-order valence-electron chi connectivity index (χ4n) is 4.42. The predicted octanol–water partition coefficient (Wildman–Crippen LogP) is 9.31. The van der Waals surface area contributed by atoms with Crippen molar-refractivity contribution in [3.63, 3.8) is 0 Å². The van der Waals surface area contributed by atoms with Gasteiger partial charge in [-0.3, -0.25) is 14.1 Å². The summed E-state index contributed by atoms with van der Waals surface area (Å²) in [5.74, 6) is -1.08. The monoisotopic (exact) mass is 694 g/mol. The number of phosphoric ester groups is 1. The van der Waals surface area contributed by atoms with Gasteiger partial charge in [-0.2, -0.15) is 0 Å². The predicted molar refractivity (Wildman–Crippen MR) is 194 cm³/mol. The third-order valence-corrected chi connectivity index (χ3v) is 7.57. The molecule has 0 aromatic heterocycles. The summed E-state index contributed by atoms with van der Waals surface area (Å²) in [4.78, 5) is 42.5. The van der Waals surface area contributed by atoms with Crippen LogP contribution in [0.3, 0.4) is 0 Å². The molecule has 0 aliphatic rings. The Morgan fingerprint density at radius 1 is 0.667 bits per heavy atom. The SMILES string of the molecule is CC/C=C\C/C=C\C/C=C\C/C=C\C=C/C(O)C/C=C\CCC(=O)OC[C@H](COP(=O)(O)O)OC(=O)CCCCCCCCCCCC. The van der Waals surface area contributed by atoms with Crippen LogP contribution in [0.1, 0.15) is 129 Å². The molecule has 0 saturated heterocycles. The minimum atomic E-state index is -4.79. The Labute approximate surface area is 290 Å². The number of ether oxygens (including phenoxy) is 2. The lowest BCUT2D eigenvalue weighted by molar-refractivity contribution is -0.161. The van der Waals surface area contributed by atoms with Gasteiger partial charge in [-0.15, -0.1) is 0 Å². The minimum Gasteiger partial charge on any atom is -0.462 e. The summed E-state index contributed by atoms with van der Waals surface area (Å²) in [5, 5.41) is 10.1. The second-order valence-corrected chi connectivity index (χ2v) is 12.9. The van der Waals surface area contributed by atoms with E-state index in [4.69, 9.17) is 19.3 Å². The van der Waals surface area contributed by atoms with Crippen LogP contribution >= 0.6 is 7.82 Å². The van der Waals surface area contributed by atoms with Crippen LogP contribution in [0.15, 0.2) is 72.9 Å². The van der Waals surface area contributed by atoms with Crippen LogP contribution in [0, 0.1) is 0 Å². The third kappa shape index (κ3) is 34.8. The van der Waals surface area contributed by atoms with E-state index in [0.717, 1.165) is 44.9 Å². The molecule has 0 bridgehead atoms. The molecule has 0 aliphatic carbocycles. The van der Waals surface area contributed by atoms with Crippen molar-refractivity contribution in [2.24, 2.45) is 0 Å². The number of hydrogen-bond acceptors (Lipinski definition) is 7. The molecular weight excluding hydrogens is 631 g/mol. The molecule has 0 rings (SSSR count). The molecule has 0 aromatic carbocycles. The summed E-state index contributed by atoms with van der Waals surface area (Å²) < 4.78 is 26.1. The average Bonchev–Trinajstić information content (AvgIpc) is 3.04. The van der Waals surface area contributed by atoms with Gasteiger partial charge in [0, 0.05) is 12.8 Å². The van der Waals surface area contributed by atoms with Gasteiger partial charge in [-0.05, 0) is 44.9 Å². The molecule has 48 heavy (non-hydrogen) atoms. The molecular formula is C38H63O9P. The van der Waals surface area contributed by atoms with Crippen molar-refractivity contribution in [1.82, 2.24) is 0 Å². The van der Waals surface area contributed by atoms with E-state index in [0.29, 0.717) is 19.3 Å². The van der Waals surface area contributed by atoms with Crippen LogP contribution < -0.4 is 0 Å². The first kappa shape index (κ1) is 45.5. The van der Waals surface area contributed by atoms with Crippen LogP contribution in [0.4, 0.5) is 0 Å². The number of aliphatic hydroxyl groups excluding tert-OH is 1. The van der Waals surface area contributed by atoms with Gasteiger partial charge in [-0.1, -0.05) is 145 Å². The lowest BCUT2D eigenvalue weighted by Gasteiger charge is -2.18. The zero-order chi connectivity index (χ0) is 35.6. The molecule has 0 radical (unpaired) electrons. The third-order valence-electron chi connectivity index (χ3n) is 7.08. The van der Waals surface area contributed by atoms with E-state index < -0.39 is 38.6 Å². The zero-order valence-electron chi connectivity index (χ0n) is 29.5. The summed E-state index contributed by atoms with van der Waals surface area (Å²) in [7, 11) is -4.79. The first-order valence-electron chi connectivity index (χ1n) is 17.8. The van der Waals surface area contributed by atoms with Gasteiger partial charge in [-0.25, -0.2) is 4.57 Å². The number of rotatable bonds is 31. The summed E-state index contributed by atoms with van der Waals surface area (Å²) in [5.41, 5.74) is 0. The van der Waals surface area contributed by atoms with Crippen molar-refractivity contribution in [2.75, 3.05) is 13.2 Å². The lowest BCUT2D eigenvalue weighted by atomic mass is 10.1. The topological polar surface area (TPSA) is 140 Å². The van der Waals surface area contributed by atoms with Gasteiger partial charge in [0.1, 0.15) is 6.61 Å². The highest BCUT2D eigenvalue weighted by molar-refractivity contribution is 7.46. The number of unbranched alkanes of at least 4 members (excludes halogenated alkanes) is 9. The van der Waals surface area contributed by atoms with E-state index in [2.05, 4.69) is 54.8 Å². The van der Waals surface area contributed by atoms with Gasteiger partial charge in [0.05, 0.1) is 12.7 Å². The normalized spacial score (nSPS) is 14.0. The summed E-state index contributed by atoms with van der Waals surface area (Å²) in [6, 6.07) is 0. The fraction of sp³-hybridized carbons (Fsp3) is 0.632. The van der Waals surface area contributed by atoms with Crippen LogP contribution in [0.25, 0.3) is 0 Å². The molecule has 3 N–H and O–H groups in total. The summed E-state index contributed by atoms with van der Waals surface area (Å²) >= 11 is 0. The number of allylic oxidation sites excluding steroid dienone is 10. The standard InChI is InChI=1S/C38H63O9P/c1-3-5-7-9-11-13-15-16-17-18-20-22-25-29-35(39)30-26-24-28-31-37(40)45-33-36(34-46-48(42,43)44)47-38(41)32-27-23-21-19-14-12-10-8-6-4-2/h5,7,11,13,16-17,20,22,24-26,29,35-36,39H,3-4,6,8-10,12,14-15,18-19,21,23,27-28,30-34H2,1-2H3,(H2,42,43,44)/b7-5-,13-11-,17-16-,22-20-,26-24-,29-25-/t35?,36-/m1/s1. The Bertz CT molecular complexity index is 1020. The number of hydrogen-bond donors (Lipinski definition) is 3. The Kier molecular flexibility index (Phi) is 31.2. The molecule has 1 unspecified atom stereocenters. The van der Waals surface area contributed by atoms with Crippen molar-refractivity contribution >= 4 is 19.8 Å². The van der Waals surface area contributed by atoms with Crippen LogP contribution in [-0.2, 0) is 28.2 Å². The maximum absolute atomic E-state index is 12.3. The highest BCUT2D eigenvalue weighted by Crippen LogP contribution is 2.35. The van der Waals surface area contributed by atoms with Crippen LogP contribution in [-0.4, -0.2) is 52.3 Å². The number of carbonyl (C=O) groups excluding carboxylic acids is 2. The Hall–Kier alpha value is -2.55. The van der Waals surface area contributed by atoms with Crippen molar-refractivity contribution in [2.45, 2.75) is 142 Å². The summed E-state index contributed by atoms with van der Waals surface area (Å²) in [6.07, 6.45) is 38.1. The number of aliphatic hydroxyl groups is 1. The molecule has 2 atom stereocenters. The van der Waals surface area contributed by atoms with E-state index in [-0.39, 0.29) is 19.4 Å². The van der Waals surface area contributed by atoms with Crippen molar-refractivity contribution < 1.29 is 43.0 Å². The number of esters is 2. The maximum atomic E-state index is 12.3. The van der Waals surface area contributed by atoms with Gasteiger partial charge < -0.3 is 24.4 Å². The first-order valence-corrected chi connectivity index (χ1v) is 19.4. The Morgan fingerprint density at radius 2 is 1.25 bits per heavy atom. The first-order chi connectivity index (χ1) is 23.2. The lowest BCUT2D eigenvalue weighted by Crippen LogP contribution is -2.29. The van der Waals surface area contributed by atoms with Crippen molar-refractivity contribution in [3.05, 3.63) is 72.9 Å². The second-order valence-electron chi connectivity index (χ2n) is 11.7. The molecule has 274 valence electrons. The van der Waals surface area contributed by atoms with Gasteiger partial charge >= 0.3 is 19.8 Å². The van der Waals surface area contributed by atoms with Gasteiger partial charge in [0.25, 0.3) is 0 Å². The molecule has 10 heteroatoms. The molecule has 0 aliphatic heterocycles. The average molecular weight is 695 g/mol. The molecule has 0 aromatic rings. The Morgan fingerprint density at radius 3 is 1.85 bits per heavy atom. The van der Waals surface area contributed by atoms with E-state index in [1.807, 2.05) is 12.2 Å². The molecule has 9 nitrogen and oxygen atoms in total. The largest absolute Gasteiger partial charge is 0.469 e. The quantitative estimate of drug-likeness (QED) is 0.0213. The van der Waals surface area contributed by atoms with Crippen molar-refractivity contribution in [3.8, 4) is 0 Å². The van der Waals surface area contributed by atoms with E-state index in [1.165, 1.54) is 38.5 Å². The van der Waals surface area contributed by atoms with Crippen molar-refractivity contribution in [1.29, 1.82) is 0 Å². The maximum Gasteiger partial charge on any atom is 0.469 e. The molecule has 0 heterocycles. The van der Waals surface area contributed by atoms with Crippen LogP contribution in [0.5, 0.6) is 0 Å². The fourth-order valence-corrected chi connectivity index (χ4v) is 4.78. The van der Waals surface area contributed by atoms with Crippen LogP contribution in [0.2, 0.25) is 0 Å². The second kappa shape index (κ2) is 33.0. The zero-order valence-corrected chi connectivity index (χ0v) is 30.4.